The van der Waals surface area contributed by atoms with Gasteiger partial charge in [0, 0.05) is 0 Å². The molecule has 1 aromatic heterocycles. The van der Waals surface area contributed by atoms with E-state index < -0.39 is 0 Å². The Hall–Kier alpha value is -0.650. The third kappa shape index (κ3) is 3.30. The van der Waals surface area contributed by atoms with E-state index in [1.807, 2.05) is 0 Å². The van der Waals surface area contributed by atoms with Crippen LogP contribution in [-0.2, 0) is 4.74 Å². The van der Waals surface area contributed by atoms with Crippen LogP contribution in [0.5, 0.6) is 0 Å². The largest absolute Gasteiger partial charge is 0.472 e. The molecule has 5 nitrogen and oxygen atoms in total. The van der Waals surface area contributed by atoms with Crippen LogP contribution in [0.1, 0.15) is 0 Å². The van der Waals surface area contributed by atoms with Crippen LogP contribution < -0.4 is 0 Å². The Kier molecular flexibility index (Phi) is 3.65. The van der Waals surface area contributed by atoms with Crippen LogP contribution in [0.15, 0.2) is 4.99 Å². The van der Waals surface area contributed by atoms with Gasteiger partial charge in [-0.15, -0.1) is 0 Å². The Balaban J connectivity index is 3.02. The van der Waals surface area contributed by atoms with Gasteiger partial charge in [0.1, 0.15) is 0 Å². The molecule has 0 atom stereocenters. The third-order valence-electron chi connectivity index (χ3n) is 0.925. The summed E-state index contributed by atoms with van der Waals surface area (Å²) >= 11 is 16.4. The molecule has 0 aliphatic heterocycles. The molecule has 0 spiro atoms. The number of halogens is 3. The molecular weight excluding hydrogens is 238 g/mol. The van der Waals surface area contributed by atoms with Crippen LogP contribution in [0.4, 0.5) is 5.95 Å². The summed E-state index contributed by atoms with van der Waals surface area (Å²) in [5, 5.41) is -0.225. The van der Waals surface area contributed by atoms with Gasteiger partial charge in [-0.1, -0.05) is 0 Å². The average Bonchev–Trinajstić information content (AvgIpc) is 2.02. The fourth-order valence-electron chi connectivity index (χ4n) is 0.490. The summed E-state index contributed by atoms with van der Waals surface area (Å²) < 4.78 is 4.56. The highest BCUT2D eigenvalue weighted by molar-refractivity contribution is 6.63. The average molecular weight is 241 g/mol. The van der Waals surface area contributed by atoms with Crippen molar-refractivity contribution in [2.45, 2.75) is 0 Å². The molecule has 0 bridgehead atoms. The van der Waals surface area contributed by atoms with Crippen molar-refractivity contribution in [3.05, 3.63) is 10.6 Å². The van der Waals surface area contributed by atoms with Crippen LogP contribution in [0, 0.1) is 0 Å². The first kappa shape index (κ1) is 10.4. The van der Waals surface area contributed by atoms with E-state index in [0.717, 1.165) is 0 Å². The van der Waals surface area contributed by atoms with E-state index in [1.54, 1.807) is 0 Å². The maximum absolute atomic E-state index is 5.48. The van der Waals surface area contributed by atoms with Gasteiger partial charge in [-0.05, 0) is 34.8 Å². The molecule has 70 valence electrons. The Bertz CT molecular complexity index is 322. The van der Waals surface area contributed by atoms with Crippen LogP contribution >= 0.6 is 34.8 Å². The lowest BCUT2D eigenvalue weighted by Crippen LogP contribution is -1.93. The lowest BCUT2D eigenvalue weighted by molar-refractivity contribution is 0.414. The molecule has 0 saturated carbocycles. The van der Waals surface area contributed by atoms with Gasteiger partial charge < -0.3 is 4.74 Å². The van der Waals surface area contributed by atoms with E-state index in [1.165, 1.54) is 7.11 Å². The molecular formula is C5H3Cl3N4O. The minimum Gasteiger partial charge on any atom is -0.472 e. The van der Waals surface area contributed by atoms with E-state index in [-0.39, 0.29) is 21.9 Å². The van der Waals surface area contributed by atoms with E-state index in [0.29, 0.717) is 0 Å². The smallest absolute Gasteiger partial charge is 0.289 e. The molecule has 1 heterocycles. The highest BCUT2D eigenvalue weighted by Gasteiger charge is 2.02. The van der Waals surface area contributed by atoms with Gasteiger partial charge in [0.05, 0.1) is 7.11 Å². The van der Waals surface area contributed by atoms with Crippen molar-refractivity contribution in [3.8, 4) is 0 Å². The summed E-state index contributed by atoms with van der Waals surface area (Å²) in [5.74, 6) is -0.00292. The van der Waals surface area contributed by atoms with Gasteiger partial charge in [-0.3, -0.25) is 0 Å². The molecule has 8 heteroatoms. The van der Waals surface area contributed by atoms with Gasteiger partial charge in [0.2, 0.25) is 10.6 Å². The first-order valence-electron chi connectivity index (χ1n) is 2.97. The number of ether oxygens (including phenoxy) is 1. The molecule has 0 aliphatic rings. The van der Waals surface area contributed by atoms with Crippen molar-refractivity contribution in [3.63, 3.8) is 0 Å². The van der Waals surface area contributed by atoms with Gasteiger partial charge in [-0.2, -0.15) is 19.9 Å². The van der Waals surface area contributed by atoms with Crippen LogP contribution in [0.3, 0.4) is 0 Å². The normalized spacial score (nSPS) is 11.5. The Morgan fingerprint density at radius 2 is 1.77 bits per heavy atom. The SMILES string of the molecule is COC(Cl)=Nc1nc(Cl)nc(Cl)n1. The summed E-state index contributed by atoms with van der Waals surface area (Å²) in [6.45, 7) is 0. The Morgan fingerprint density at radius 3 is 2.23 bits per heavy atom. The van der Waals surface area contributed by atoms with Crippen molar-refractivity contribution in [2.24, 2.45) is 4.99 Å². The van der Waals surface area contributed by atoms with E-state index in [4.69, 9.17) is 34.8 Å². The molecule has 0 radical (unpaired) electrons. The van der Waals surface area contributed by atoms with E-state index in [9.17, 15) is 0 Å². The Morgan fingerprint density at radius 1 is 1.23 bits per heavy atom. The minimum absolute atomic E-state index is 0.00292. The molecule has 0 unspecified atom stereocenters. The van der Waals surface area contributed by atoms with Crippen LogP contribution in [-0.4, -0.2) is 27.4 Å². The predicted octanol–water partition coefficient (Wildman–Crippen LogP) is 2.05. The van der Waals surface area contributed by atoms with Crippen molar-refractivity contribution >= 4 is 46.1 Å². The Labute approximate surface area is 88.7 Å². The van der Waals surface area contributed by atoms with Crippen molar-refractivity contribution in [1.29, 1.82) is 0 Å². The summed E-state index contributed by atoms with van der Waals surface area (Å²) in [5.41, 5.74) is 0. The second-order valence-corrected chi connectivity index (χ2v) is 2.74. The molecule has 1 rings (SSSR count). The number of hydrogen-bond donors (Lipinski definition) is 0. The zero-order valence-electron chi connectivity index (χ0n) is 6.33. The fraction of sp³-hybridized carbons (Fsp3) is 0.200. The van der Waals surface area contributed by atoms with E-state index >= 15 is 0 Å². The van der Waals surface area contributed by atoms with Crippen LogP contribution in [0.25, 0.3) is 0 Å². The third-order valence-corrected chi connectivity index (χ3v) is 1.50. The highest BCUT2D eigenvalue weighted by Crippen LogP contribution is 2.12. The zero-order chi connectivity index (χ0) is 9.84. The van der Waals surface area contributed by atoms with Gasteiger partial charge >= 0.3 is 0 Å². The number of aliphatic imine (C=N–C) groups is 1. The lowest BCUT2D eigenvalue weighted by atomic mass is 10.9. The number of rotatable bonds is 1. The number of hydrogen-bond acceptors (Lipinski definition) is 5. The summed E-state index contributed by atoms with van der Waals surface area (Å²) in [7, 11) is 1.36. The second-order valence-electron chi connectivity index (χ2n) is 1.74. The minimum atomic E-state index is -0.113. The number of nitrogens with zero attached hydrogens (tertiary/aromatic N) is 4. The molecule has 0 aromatic carbocycles. The maximum atomic E-state index is 5.48. The topological polar surface area (TPSA) is 60.3 Å². The van der Waals surface area contributed by atoms with Crippen molar-refractivity contribution in [2.75, 3.05) is 7.11 Å². The first-order valence-corrected chi connectivity index (χ1v) is 4.10. The summed E-state index contributed by atoms with van der Waals surface area (Å²) in [6, 6.07) is 0. The van der Waals surface area contributed by atoms with E-state index in [2.05, 4.69) is 24.7 Å². The van der Waals surface area contributed by atoms with Gasteiger partial charge in [0.25, 0.3) is 11.3 Å². The molecule has 0 amide bonds. The standard InChI is InChI=1S/C5H3Cl3N4O/c1-13-4(8)12-5-10-2(6)9-3(7)11-5/h1H3. The summed E-state index contributed by atoms with van der Waals surface area (Å²) in [6.07, 6.45) is 0. The summed E-state index contributed by atoms with van der Waals surface area (Å²) in [4.78, 5) is 14.4. The molecule has 0 N–H and O–H groups in total. The maximum Gasteiger partial charge on any atom is 0.289 e. The first-order chi connectivity index (χ1) is 6.11. The fourth-order valence-corrected chi connectivity index (χ4v) is 0.921. The van der Waals surface area contributed by atoms with Gasteiger partial charge in [0.15, 0.2) is 0 Å². The lowest BCUT2D eigenvalue weighted by Gasteiger charge is -1.95. The second kappa shape index (κ2) is 4.55. The molecule has 0 fully saturated rings. The molecule has 13 heavy (non-hydrogen) atoms. The number of aromatic nitrogens is 3. The molecule has 0 saturated heterocycles. The zero-order valence-corrected chi connectivity index (χ0v) is 8.60. The number of methoxy groups -OCH3 is 1. The van der Waals surface area contributed by atoms with Crippen molar-refractivity contribution < 1.29 is 4.74 Å². The molecule has 0 aliphatic carbocycles. The van der Waals surface area contributed by atoms with Crippen LogP contribution in [0.2, 0.25) is 10.6 Å². The van der Waals surface area contributed by atoms with Gasteiger partial charge in [-0.25, -0.2) is 0 Å². The molecule has 1 aromatic rings. The monoisotopic (exact) mass is 240 g/mol. The quantitative estimate of drug-likeness (QED) is 0.558. The van der Waals surface area contributed by atoms with Crippen molar-refractivity contribution in [1.82, 2.24) is 15.0 Å². The highest BCUT2D eigenvalue weighted by atomic mass is 35.5. The predicted molar refractivity (Wildman–Crippen MR) is 49.8 cm³/mol.